The van der Waals surface area contributed by atoms with Crippen LogP contribution >= 0.6 is 11.3 Å². The Morgan fingerprint density at radius 3 is 2.75 bits per heavy atom. The van der Waals surface area contributed by atoms with Gasteiger partial charge in [0, 0.05) is 30.9 Å². The van der Waals surface area contributed by atoms with Gasteiger partial charge in [0.1, 0.15) is 10.8 Å². The maximum Gasteiger partial charge on any atom is 0.241 e. The van der Waals surface area contributed by atoms with E-state index in [1.54, 1.807) is 13.2 Å². The highest BCUT2D eigenvalue weighted by Crippen LogP contribution is 2.22. The minimum atomic E-state index is -3.59. The fourth-order valence-electron chi connectivity index (χ4n) is 1.69. The zero-order chi connectivity index (χ0) is 14.6. The van der Waals surface area contributed by atoms with Gasteiger partial charge in [-0.3, -0.25) is 0 Å². The second kappa shape index (κ2) is 6.29. The Labute approximate surface area is 122 Å². The predicted molar refractivity (Wildman–Crippen MR) is 79.3 cm³/mol. The third-order valence-corrected chi connectivity index (χ3v) is 5.11. The van der Waals surface area contributed by atoms with E-state index >= 15 is 0 Å². The molecule has 108 valence electrons. The van der Waals surface area contributed by atoms with E-state index in [0.29, 0.717) is 12.2 Å². The molecule has 0 aliphatic heterocycles. The van der Waals surface area contributed by atoms with Crippen LogP contribution in [0.2, 0.25) is 0 Å². The lowest BCUT2D eigenvalue weighted by molar-refractivity contribution is 0.549. The second-order valence-corrected chi connectivity index (χ2v) is 6.72. The number of nitrogens with one attached hydrogen (secondary N) is 2. The molecular formula is C12H16N4O2S2. The van der Waals surface area contributed by atoms with Gasteiger partial charge in [-0.15, -0.1) is 11.3 Å². The van der Waals surface area contributed by atoms with Crippen molar-refractivity contribution >= 4 is 27.2 Å². The lowest BCUT2D eigenvalue weighted by Crippen LogP contribution is -2.28. The van der Waals surface area contributed by atoms with Crippen LogP contribution < -0.4 is 10.0 Å². The monoisotopic (exact) mass is 312 g/mol. The summed E-state index contributed by atoms with van der Waals surface area (Å²) in [5.41, 5.74) is 0. The Balaban J connectivity index is 2.26. The fourth-order valence-corrected chi connectivity index (χ4v) is 3.83. The van der Waals surface area contributed by atoms with Crippen LogP contribution in [-0.4, -0.2) is 25.4 Å². The average molecular weight is 312 g/mol. The van der Waals surface area contributed by atoms with Gasteiger partial charge in [0.2, 0.25) is 10.0 Å². The van der Waals surface area contributed by atoms with Crippen LogP contribution in [0.3, 0.4) is 0 Å². The van der Waals surface area contributed by atoms with Crippen LogP contribution in [0.1, 0.15) is 24.4 Å². The minimum absolute atomic E-state index is 0.187. The number of rotatable bonds is 6. The van der Waals surface area contributed by atoms with E-state index < -0.39 is 10.0 Å². The molecule has 0 amide bonds. The molecule has 6 nitrogen and oxygen atoms in total. The lowest BCUT2D eigenvalue weighted by atomic mass is 10.3. The van der Waals surface area contributed by atoms with Gasteiger partial charge in [0.25, 0.3) is 0 Å². The Hall–Kier alpha value is -1.51. The first-order valence-electron chi connectivity index (χ1n) is 6.12. The third-order valence-electron chi connectivity index (χ3n) is 2.75. The normalized spacial score (nSPS) is 13.1. The number of thiazole rings is 1. The smallest absolute Gasteiger partial charge is 0.241 e. The molecule has 0 fully saturated rings. The van der Waals surface area contributed by atoms with E-state index in [2.05, 4.69) is 20.0 Å². The Kier molecular flexibility index (Phi) is 4.69. The van der Waals surface area contributed by atoms with Crippen molar-refractivity contribution < 1.29 is 8.42 Å². The van der Waals surface area contributed by atoms with Crippen molar-refractivity contribution in [3.63, 3.8) is 0 Å². The van der Waals surface area contributed by atoms with Gasteiger partial charge in [-0.05, 0) is 12.5 Å². The molecule has 0 aliphatic rings. The van der Waals surface area contributed by atoms with Gasteiger partial charge >= 0.3 is 0 Å². The summed E-state index contributed by atoms with van der Waals surface area (Å²) in [6.45, 7) is 1.92. The molecule has 0 saturated heterocycles. The van der Waals surface area contributed by atoms with E-state index in [-0.39, 0.29) is 10.9 Å². The second-order valence-electron chi connectivity index (χ2n) is 4.08. The summed E-state index contributed by atoms with van der Waals surface area (Å²) in [7, 11) is -1.90. The summed E-state index contributed by atoms with van der Waals surface area (Å²) in [5, 5.41) is 5.41. The van der Waals surface area contributed by atoms with Crippen LogP contribution in [-0.2, 0) is 10.0 Å². The Morgan fingerprint density at radius 2 is 2.15 bits per heavy atom. The summed E-state index contributed by atoms with van der Waals surface area (Å²) in [6, 6.07) is 2.65. The standard InChI is InChI=1S/C12H16N4O2S2/c1-3-10(12-15-6-7-19-12)16-20(17,18)9-4-5-14-11(8-9)13-2/h4-8,10,16H,3H2,1-2H3,(H,13,14). The number of pyridine rings is 1. The van der Waals surface area contributed by atoms with Gasteiger partial charge in [-0.1, -0.05) is 6.92 Å². The number of nitrogens with zero attached hydrogens (tertiary/aromatic N) is 2. The average Bonchev–Trinajstić information content (AvgIpc) is 2.99. The van der Waals surface area contributed by atoms with E-state index in [1.165, 1.54) is 29.7 Å². The van der Waals surface area contributed by atoms with E-state index in [4.69, 9.17) is 0 Å². The van der Waals surface area contributed by atoms with Crippen LogP contribution in [0.4, 0.5) is 5.82 Å². The topological polar surface area (TPSA) is 84.0 Å². The maximum absolute atomic E-state index is 12.4. The highest BCUT2D eigenvalue weighted by molar-refractivity contribution is 7.89. The minimum Gasteiger partial charge on any atom is -0.373 e. The first kappa shape index (κ1) is 14.9. The van der Waals surface area contributed by atoms with Crippen molar-refractivity contribution in [3.05, 3.63) is 34.9 Å². The van der Waals surface area contributed by atoms with Crippen LogP contribution in [0.25, 0.3) is 0 Å². The summed E-state index contributed by atoms with van der Waals surface area (Å²) in [5.74, 6) is 0.509. The molecule has 2 heterocycles. The molecule has 0 aromatic carbocycles. The predicted octanol–water partition coefficient (Wildman–Crippen LogP) is 2.01. The number of hydrogen-bond acceptors (Lipinski definition) is 6. The van der Waals surface area contributed by atoms with Gasteiger partial charge in [0.15, 0.2) is 0 Å². The molecule has 8 heteroatoms. The highest BCUT2D eigenvalue weighted by Gasteiger charge is 2.22. The van der Waals surface area contributed by atoms with Gasteiger partial charge < -0.3 is 5.32 Å². The van der Waals surface area contributed by atoms with Gasteiger partial charge in [-0.2, -0.15) is 0 Å². The van der Waals surface area contributed by atoms with Gasteiger partial charge in [-0.25, -0.2) is 23.1 Å². The van der Waals surface area contributed by atoms with Gasteiger partial charge in [0.05, 0.1) is 10.9 Å². The largest absolute Gasteiger partial charge is 0.373 e. The zero-order valence-corrected chi connectivity index (χ0v) is 12.8. The quantitative estimate of drug-likeness (QED) is 0.852. The van der Waals surface area contributed by atoms with Crippen molar-refractivity contribution in [3.8, 4) is 0 Å². The molecule has 2 N–H and O–H groups in total. The third kappa shape index (κ3) is 3.33. The van der Waals surface area contributed by atoms with Crippen LogP contribution in [0, 0.1) is 0 Å². The molecule has 0 radical (unpaired) electrons. The molecule has 2 aromatic rings. The zero-order valence-electron chi connectivity index (χ0n) is 11.2. The summed E-state index contributed by atoms with van der Waals surface area (Å²) in [4.78, 5) is 8.36. The molecule has 0 bridgehead atoms. The molecule has 20 heavy (non-hydrogen) atoms. The number of hydrogen-bond donors (Lipinski definition) is 2. The molecule has 0 spiro atoms. The van der Waals surface area contributed by atoms with Crippen molar-refractivity contribution in [1.29, 1.82) is 0 Å². The summed E-state index contributed by atoms with van der Waals surface area (Å²) >= 11 is 1.44. The first-order valence-corrected chi connectivity index (χ1v) is 8.48. The SMILES string of the molecule is CCC(NS(=O)(=O)c1ccnc(NC)c1)c1nccs1. The first-order chi connectivity index (χ1) is 9.56. The molecule has 0 saturated carbocycles. The Morgan fingerprint density at radius 1 is 1.35 bits per heavy atom. The highest BCUT2D eigenvalue weighted by atomic mass is 32.2. The van der Waals surface area contributed by atoms with Crippen molar-refractivity contribution in [2.45, 2.75) is 24.3 Å². The molecule has 1 unspecified atom stereocenters. The number of aromatic nitrogens is 2. The van der Waals surface area contributed by atoms with E-state index in [9.17, 15) is 8.42 Å². The molecule has 1 atom stereocenters. The van der Waals surface area contributed by atoms with Crippen molar-refractivity contribution in [1.82, 2.24) is 14.7 Å². The summed E-state index contributed by atoms with van der Waals surface area (Å²) in [6.07, 6.45) is 3.77. The maximum atomic E-state index is 12.4. The van der Waals surface area contributed by atoms with E-state index in [1.807, 2.05) is 12.3 Å². The molecule has 0 aliphatic carbocycles. The molecule has 2 aromatic heterocycles. The Bertz CT molecular complexity index is 656. The van der Waals surface area contributed by atoms with Crippen LogP contribution in [0.15, 0.2) is 34.8 Å². The molecular weight excluding hydrogens is 296 g/mol. The van der Waals surface area contributed by atoms with E-state index in [0.717, 1.165) is 5.01 Å². The lowest BCUT2D eigenvalue weighted by Gasteiger charge is -2.15. The van der Waals surface area contributed by atoms with Crippen molar-refractivity contribution in [2.75, 3.05) is 12.4 Å². The van der Waals surface area contributed by atoms with Crippen LogP contribution in [0.5, 0.6) is 0 Å². The van der Waals surface area contributed by atoms with Crippen molar-refractivity contribution in [2.24, 2.45) is 0 Å². The molecule has 2 rings (SSSR count). The fraction of sp³-hybridized carbons (Fsp3) is 0.333. The number of anilines is 1. The summed E-state index contributed by atoms with van der Waals surface area (Å²) < 4.78 is 27.4. The number of sulfonamides is 1.